The fourth-order valence-corrected chi connectivity index (χ4v) is 3.32. The van der Waals surface area contributed by atoms with Crippen molar-refractivity contribution in [2.45, 2.75) is 18.7 Å². The molecule has 5 nitrogen and oxygen atoms in total. The molecule has 0 saturated heterocycles. The van der Waals surface area contributed by atoms with E-state index in [2.05, 4.69) is 0 Å². The number of carbonyl (C=O) groups is 2. The summed E-state index contributed by atoms with van der Waals surface area (Å²) in [6, 6.07) is 14.0. The van der Waals surface area contributed by atoms with Crippen LogP contribution in [0.25, 0.3) is 10.8 Å². The molecule has 0 radical (unpaired) electrons. The molecule has 0 amide bonds. The third-order valence-electron chi connectivity index (χ3n) is 3.78. The van der Waals surface area contributed by atoms with E-state index in [4.69, 9.17) is 9.47 Å². The van der Waals surface area contributed by atoms with Gasteiger partial charge in [0, 0.05) is 19.0 Å². The van der Waals surface area contributed by atoms with E-state index >= 15 is 0 Å². The van der Waals surface area contributed by atoms with Crippen LogP contribution in [0.15, 0.2) is 70.1 Å². The summed E-state index contributed by atoms with van der Waals surface area (Å²) in [7, 11) is 3.49. The van der Waals surface area contributed by atoms with Crippen molar-refractivity contribution in [1.29, 1.82) is 0 Å². The molecular weight excluding hydrogens is 374 g/mol. The monoisotopic (exact) mass is 399 g/mol. The number of likely N-dealkylation sites (N-methyl/N-ethyl adjacent to an activating group) is 1. The lowest BCUT2D eigenvalue weighted by atomic mass is 10.1. The Kier molecular flexibility index (Phi) is 8.14. The standard InChI is InChI=1S/C22H25NO4S/c1-5-26-21(24)19(23(3)4)13-14-20(22(25)27-6-2)28-18-12-11-16-9-7-8-10-17(16)15-18/h7-15H,5-6H2,1-4H3/b19-13-,20-14-. The van der Waals surface area contributed by atoms with Gasteiger partial charge in [0.1, 0.15) is 5.70 Å². The van der Waals surface area contributed by atoms with Gasteiger partial charge in [-0.1, -0.05) is 42.1 Å². The minimum absolute atomic E-state index is 0.274. The number of nitrogens with zero attached hydrogens (tertiary/aromatic N) is 1. The van der Waals surface area contributed by atoms with Gasteiger partial charge in [-0.3, -0.25) is 0 Å². The van der Waals surface area contributed by atoms with Gasteiger partial charge in [0.25, 0.3) is 0 Å². The highest BCUT2D eigenvalue weighted by Gasteiger charge is 2.15. The van der Waals surface area contributed by atoms with Gasteiger partial charge < -0.3 is 14.4 Å². The molecule has 28 heavy (non-hydrogen) atoms. The summed E-state index contributed by atoms with van der Waals surface area (Å²) in [5, 5.41) is 2.22. The zero-order chi connectivity index (χ0) is 20.5. The van der Waals surface area contributed by atoms with E-state index in [0.717, 1.165) is 15.7 Å². The number of thioether (sulfide) groups is 1. The van der Waals surface area contributed by atoms with Crippen LogP contribution in [0.3, 0.4) is 0 Å². The van der Waals surface area contributed by atoms with Crippen molar-refractivity contribution < 1.29 is 19.1 Å². The molecular formula is C22H25NO4S. The fraction of sp³-hybridized carbons (Fsp3) is 0.273. The Morgan fingerprint density at radius 1 is 0.929 bits per heavy atom. The van der Waals surface area contributed by atoms with E-state index in [0.29, 0.717) is 10.6 Å². The lowest BCUT2D eigenvalue weighted by Crippen LogP contribution is -2.21. The number of hydrogen-bond donors (Lipinski definition) is 0. The molecule has 0 atom stereocenters. The predicted octanol–water partition coefficient (Wildman–Crippen LogP) is 4.39. The highest BCUT2D eigenvalue weighted by molar-refractivity contribution is 8.04. The SMILES string of the molecule is CCOC(=O)/C(=C/C=C(/C(=O)OCC)N(C)C)Sc1ccc2ccccc2c1. The zero-order valence-electron chi connectivity index (χ0n) is 16.6. The minimum atomic E-state index is -0.442. The van der Waals surface area contributed by atoms with Crippen molar-refractivity contribution in [3.8, 4) is 0 Å². The Balaban J connectivity index is 2.36. The number of ether oxygens (including phenoxy) is 2. The molecule has 2 aromatic rings. The maximum atomic E-state index is 12.4. The van der Waals surface area contributed by atoms with Crippen molar-refractivity contribution in [3.05, 3.63) is 65.2 Å². The maximum absolute atomic E-state index is 12.4. The van der Waals surface area contributed by atoms with E-state index in [9.17, 15) is 9.59 Å². The van der Waals surface area contributed by atoms with Gasteiger partial charge in [-0.15, -0.1) is 0 Å². The summed E-state index contributed by atoms with van der Waals surface area (Å²) in [5.41, 5.74) is 0.350. The normalized spacial score (nSPS) is 12.0. The second-order valence-corrected chi connectivity index (χ2v) is 7.14. The Morgan fingerprint density at radius 2 is 1.57 bits per heavy atom. The topological polar surface area (TPSA) is 55.8 Å². The highest BCUT2D eigenvalue weighted by atomic mass is 32.2. The van der Waals surface area contributed by atoms with Crippen LogP contribution in [-0.2, 0) is 19.1 Å². The molecule has 2 rings (SSSR count). The Bertz CT molecular complexity index is 902. The van der Waals surface area contributed by atoms with Crippen LogP contribution in [0.2, 0.25) is 0 Å². The third kappa shape index (κ3) is 5.89. The van der Waals surface area contributed by atoms with Gasteiger partial charge >= 0.3 is 11.9 Å². The molecule has 0 unspecified atom stereocenters. The van der Waals surface area contributed by atoms with Gasteiger partial charge in [0.2, 0.25) is 0 Å². The Labute approximate surface area is 170 Å². The second kappa shape index (κ2) is 10.6. The first-order valence-electron chi connectivity index (χ1n) is 9.06. The lowest BCUT2D eigenvalue weighted by Gasteiger charge is -2.15. The second-order valence-electron chi connectivity index (χ2n) is 6.03. The average molecular weight is 400 g/mol. The summed E-state index contributed by atoms with van der Waals surface area (Å²) in [6.45, 7) is 4.07. The van der Waals surface area contributed by atoms with Crippen molar-refractivity contribution in [1.82, 2.24) is 4.90 Å². The Hall–Kier alpha value is -2.73. The molecule has 2 aromatic carbocycles. The Morgan fingerprint density at radius 3 is 2.21 bits per heavy atom. The molecule has 0 saturated carbocycles. The average Bonchev–Trinajstić information content (AvgIpc) is 2.67. The largest absolute Gasteiger partial charge is 0.462 e. The van der Waals surface area contributed by atoms with Crippen LogP contribution in [0, 0.1) is 0 Å². The van der Waals surface area contributed by atoms with Crippen LogP contribution in [-0.4, -0.2) is 44.1 Å². The van der Waals surface area contributed by atoms with Crippen LogP contribution in [0.5, 0.6) is 0 Å². The first-order chi connectivity index (χ1) is 13.5. The predicted molar refractivity (Wildman–Crippen MR) is 113 cm³/mol. The van der Waals surface area contributed by atoms with E-state index in [1.54, 1.807) is 45.0 Å². The number of esters is 2. The van der Waals surface area contributed by atoms with Crippen LogP contribution in [0.4, 0.5) is 0 Å². The smallest absolute Gasteiger partial charge is 0.354 e. The van der Waals surface area contributed by atoms with E-state index < -0.39 is 11.9 Å². The lowest BCUT2D eigenvalue weighted by molar-refractivity contribution is -0.140. The molecule has 6 heteroatoms. The van der Waals surface area contributed by atoms with E-state index in [1.807, 2.05) is 42.5 Å². The maximum Gasteiger partial charge on any atom is 0.354 e. The fourth-order valence-electron chi connectivity index (χ4n) is 2.46. The molecule has 0 aliphatic carbocycles. The number of rotatable bonds is 8. The van der Waals surface area contributed by atoms with E-state index in [-0.39, 0.29) is 13.2 Å². The summed E-state index contributed by atoms with van der Waals surface area (Å²) < 4.78 is 10.2. The third-order valence-corrected chi connectivity index (χ3v) is 4.80. The van der Waals surface area contributed by atoms with Gasteiger partial charge in [-0.25, -0.2) is 9.59 Å². The van der Waals surface area contributed by atoms with Crippen molar-refractivity contribution >= 4 is 34.5 Å². The van der Waals surface area contributed by atoms with E-state index in [1.165, 1.54) is 11.8 Å². The molecule has 0 aliphatic rings. The zero-order valence-corrected chi connectivity index (χ0v) is 17.4. The summed E-state index contributed by atoms with van der Waals surface area (Å²) in [5.74, 6) is -0.874. The first-order valence-corrected chi connectivity index (χ1v) is 9.88. The number of fused-ring (bicyclic) bond motifs is 1. The number of carbonyl (C=O) groups excluding carboxylic acids is 2. The van der Waals surface area contributed by atoms with Gasteiger partial charge in [0.15, 0.2) is 0 Å². The minimum Gasteiger partial charge on any atom is -0.462 e. The van der Waals surface area contributed by atoms with Gasteiger partial charge in [-0.2, -0.15) is 0 Å². The number of allylic oxidation sites excluding steroid dienone is 2. The molecule has 0 aliphatic heterocycles. The van der Waals surface area contributed by atoms with Crippen molar-refractivity contribution in [3.63, 3.8) is 0 Å². The van der Waals surface area contributed by atoms with Crippen LogP contribution in [0.1, 0.15) is 13.8 Å². The molecule has 0 bridgehead atoms. The van der Waals surface area contributed by atoms with Crippen LogP contribution < -0.4 is 0 Å². The summed E-state index contributed by atoms with van der Waals surface area (Å²) >= 11 is 1.30. The number of benzene rings is 2. The molecule has 0 heterocycles. The molecule has 148 valence electrons. The van der Waals surface area contributed by atoms with Crippen LogP contribution >= 0.6 is 11.8 Å². The van der Waals surface area contributed by atoms with Crippen molar-refractivity contribution in [2.24, 2.45) is 0 Å². The van der Waals surface area contributed by atoms with Gasteiger partial charge in [-0.05, 0) is 48.9 Å². The van der Waals surface area contributed by atoms with Crippen molar-refractivity contribution in [2.75, 3.05) is 27.3 Å². The molecule has 0 fully saturated rings. The molecule has 0 spiro atoms. The molecule has 0 N–H and O–H groups in total. The quantitative estimate of drug-likeness (QED) is 0.284. The summed E-state index contributed by atoms with van der Waals surface area (Å²) in [4.78, 5) is 27.5. The molecule has 0 aromatic heterocycles. The number of hydrogen-bond acceptors (Lipinski definition) is 6. The van der Waals surface area contributed by atoms with Gasteiger partial charge in [0.05, 0.1) is 18.1 Å². The highest BCUT2D eigenvalue weighted by Crippen LogP contribution is 2.30. The first kappa shape index (κ1) is 21.6. The summed E-state index contributed by atoms with van der Waals surface area (Å²) in [6.07, 6.45) is 3.18.